The molecule has 1 heterocycles. The van der Waals surface area contributed by atoms with E-state index in [1.807, 2.05) is 0 Å². The molecule has 0 saturated carbocycles. The summed E-state index contributed by atoms with van der Waals surface area (Å²) in [6.07, 6.45) is 4.14. The predicted molar refractivity (Wildman–Crippen MR) is 75.1 cm³/mol. The first kappa shape index (κ1) is 14.1. The van der Waals surface area contributed by atoms with Gasteiger partial charge in [-0.25, -0.2) is 0 Å². The summed E-state index contributed by atoms with van der Waals surface area (Å²) in [5, 5.41) is 23.4. The zero-order chi connectivity index (χ0) is 14.9. The second kappa shape index (κ2) is 5.00. The van der Waals surface area contributed by atoms with Crippen LogP contribution in [0, 0.1) is 15.3 Å². The van der Waals surface area contributed by atoms with Crippen molar-refractivity contribution in [3.63, 3.8) is 0 Å². The minimum atomic E-state index is -2.69. The van der Waals surface area contributed by atoms with Gasteiger partial charge in [-0.05, 0) is 19.1 Å². The van der Waals surface area contributed by atoms with Crippen LogP contribution in [0.4, 0.5) is 11.4 Å². The van der Waals surface area contributed by atoms with Crippen molar-refractivity contribution in [2.75, 3.05) is 0 Å². The summed E-state index contributed by atoms with van der Waals surface area (Å²) < 4.78 is 21.3. The van der Waals surface area contributed by atoms with E-state index in [0.717, 1.165) is 0 Å². The van der Waals surface area contributed by atoms with E-state index in [2.05, 4.69) is 0 Å². The molecule has 104 valence electrons. The Bertz CT molecular complexity index is 754. The van der Waals surface area contributed by atoms with Crippen molar-refractivity contribution in [2.24, 2.45) is 0 Å². The minimum absolute atomic E-state index is 0.0819. The molecular weight excluding hydrogens is 284 g/mol. The van der Waals surface area contributed by atoms with Crippen LogP contribution in [0.15, 0.2) is 48.2 Å². The third-order valence-corrected chi connectivity index (χ3v) is 3.79. The number of hydrogen-bond donors (Lipinski definition) is 0. The SMILES string of the molecule is CC1=CC=C[N+]([O-])(c2ccc([N+](=O)[O-])cc2)C1=S(=O)=O. The zero-order valence-corrected chi connectivity index (χ0v) is 11.2. The van der Waals surface area contributed by atoms with Crippen molar-refractivity contribution in [2.45, 2.75) is 6.92 Å². The molecular formula is C12H10N2O5S. The molecule has 0 radical (unpaired) electrons. The minimum Gasteiger partial charge on any atom is -0.616 e. The van der Waals surface area contributed by atoms with Crippen LogP contribution in [0.5, 0.6) is 0 Å². The Morgan fingerprint density at radius 2 is 1.80 bits per heavy atom. The topological polar surface area (TPSA) is 100 Å². The van der Waals surface area contributed by atoms with Gasteiger partial charge >= 0.3 is 0 Å². The van der Waals surface area contributed by atoms with Crippen molar-refractivity contribution >= 4 is 26.7 Å². The molecule has 0 spiro atoms. The predicted octanol–water partition coefficient (Wildman–Crippen LogP) is 1.88. The van der Waals surface area contributed by atoms with Gasteiger partial charge in [0.05, 0.1) is 4.92 Å². The first-order valence-corrected chi connectivity index (χ1v) is 6.62. The van der Waals surface area contributed by atoms with Crippen molar-refractivity contribution in [3.8, 4) is 0 Å². The maximum atomic E-state index is 12.8. The lowest BCUT2D eigenvalue weighted by atomic mass is 10.1. The van der Waals surface area contributed by atoms with Gasteiger partial charge in [-0.1, -0.05) is 0 Å². The molecule has 1 atom stereocenters. The van der Waals surface area contributed by atoms with Gasteiger partial charge in [0.1, 0.15) is 11.9 Å². The lowest BCUT2D eigenvalue weighted by Crippen LogP contribution is -2.46. The fraction of sp³-hybridized carbons (Fsp3) is 0.0833. The molecule has 1 unspecified atom stereocenters. The number of hydroxylamine groups is 2. The highest BCUT2D eigenvalue weighted by molar-refractivity contribution is 7.73. The average molecular weight is 294 g/mol. The van der Waals surface area contributed by atoms with Crippen LogP contribution >= 0.6 is 0 Å². The van der Waals surface area contributed by atoms with Gasteiger partial charge in [0, 0.05) is 29.8 Å². The largest absolute Gasteiger partial charge is 0.616 e. The summed E-state index contributed by atoms with van der Waals surface area (Å²) in [4.78, 5) is 9.67. The maximum absolute atomic E-state index is 12.8. The van der Waals surface area contributed by atoms with Crippen molar-refractivity contribution in [3.05, 3.63) is 63.5 Å². The Morgan fingerprint density at radius 3 is 2.30 bits per heavy atom. The monoisotopic (exact) mass is 294 g/mol. The van der Waals surface area contributed by atoms with Crippen LogP contribution in [0.25, 0.3) is 0 Å². The van der Waals surface area contributed by atoms with Gasteiger partial charge in [0.25, 0.3) is 21.0 Å². The zero-order valence-electron chi connectivity index (χ0n) is 10.4. The van der Waals surface area contributed by atoms with Gasteiger partial charge < -0.3 is 5.21 Å². The number of rotatable bonds is 2. The molecule has 0 aromatic heterocycles. The van der Waals surface area contributed by atoms with E-state index in [0.29, 0.717) is 5.57 Å². The molecule has 1 aromatic rings. The Balaban J connectivity index is 2.60. The smallest absolute Gasteiger partial charge is 0.277 e. The molecule has 1 aliphatic rings. The fourth-order valence-electron chi connectivity index (χ4n) is 1.95. The molecule has 0 amide bonds. The number of nitrogens with zero attached hydrogens (tertiary/aromatic N) is 2. The molecule has 0 aliphatic carbocycles. The Labute approximate surface area is 115 Å². The number of non-ortho nitro benzene ring substituents is 1. The fourth-order valence-corrected chi connectivity index (χ4v) is 2.67. The van der Waals surface area contributed by atoms with E-state index >= 15 is 0 Å². The summed E-state index contributed by atoms with van der Waals surface area (Å²) in [6.45, 7) is 1.52. The standard InChI is InChI=1S/C12H10N2O5S/c1-9-3-2-8-14(17,12(9)20(18)19)11-6-4-10(5-7-11)13(15)16/h2-8H,1H3. The summed E-state index contributed by atoms with van der Waals surface area (Å²) in [6, 6.07) is 4.84. The third kappa shape index (κ3) is 2.27. The molecule has 1 aliphatic heterocycles. The number of benzene rings is 1. The number of hydrogen-bond acceptors (Lipinski definition) is 5. The van der Waals surface area contributed by atoms with E-state index in [9.17, 15) is 23.7 Å². The third-order valence-electron chi connectivity index (χ3n) is 2.88. The lowest BCUT2D eigenvalue weighted by Gasteiger charge is -2.38. The van der Waals surface area contributed by atoms with Crippen LogP contribution in [0.1, 0.15) is 6.92 Å². The number of nitro groups is 1. The van der Waals surface area contributed by atoms with Crippen LogP contribution in [0.2, 0.25) is 0 Å². The van der Waals surface area contributed by atoms with Gasteiger partial charge in [-0.15, -0.1) is 0 Å². The number of quaternary nitrogens is 1. The summed E-state index contributed by atoms with van der Waals surface area (Å²) in [5.74, 6) is 0. The number of allylic oxidation sites excluding steroid dienone is 2. The summed E-state index contributed by atoms with van der Waals surface area (Å²) >= 11 is 0. The second-order valence-electron chi connectivity index (χ2n) is 4.16. The molecule has 8 heteroatoms. The molecule has 0 bridgehead atoms. The average Bonchev–Trinajstić information content (AvgIpc) is 2.38. The Morgan fingerprint density at radius 1 is 1.20 bits per heavy atom. The molecule has 0 N–H and O–H groups in total. The van der Waals surface area contributed by atoms with Gasteiger partial charge in [0.2, 0.25) is 0 Å². The second-order valence-corrected chi connectivity index (χ2v) is 5.02. The van der Waals surface area contributed by atoms with Crippen LogP contribution in [-0.2, 0) is 10.3 Å². The Hall–Kier alpha value is -2.29. The first-order valence-electron chi connectivity index (χ1n) is 5.54. The van der Waals surface area contributed by atoms with Gasteiger partial charge in [0.15, 0.2) is 0 Å². The van der Waals surface area contributed by atoms with E-state index < -0.39 is 19.9 Å². The van der Waals surface area contributed by atoms with Crippen molar-refractivity contribution in [1.82, 2.24) is 4.65 Å². The van der Waals surface area contributed by atoms with E-state index in [4.69, 9.17) is 0 Å². The summed E-state index contributed by atoms with van der Waals surface area (Å²) in [7, 11) is -2.69. The highest BCUT2D eigenvalue weighted by atomic mass is 32.2. The molecule has 0 saturated heterocycles. The van der Waals surface area contributed by atoms with Crippen LogP contribution < -0.4 is 4.65 Å². The molecule has 1 aromatic carbocycles. The van der Waals surface area contributed by atoms with Crippen LogP contribution in [-0.4, -0.2) is 18.3 Å². The summed E-state index contributed by atoms with van der Waals surface area (Å²) in [5.41, 5.74) is 0.242. The molecule has 2 rings (SSSR count). The molecule has 7 nitrogen and oxygen atoms in total. The van der Waals surface area contributed by atoms with E-state index in [1.54, 1.807) is 0 Å². The van der Waals surface area contributed by atoms with Gasteiger partial charge in [-0.2, -0.15) is 8.42 Å². The van der Waals surface area contributed by atoms with E-state index in [-0.39, 0.29) is 16.4 Å². The molecule has 0 fully saturated rings. The Kier molecular flexibility index (Phi) is 3.53. The maximum Gasteiger partial charge on any atom is 0.277 e. The first-order chi connectivity index (χ1) is 9.36. The normalized spacial score (nSPS) is 21.5. The highest BCUT2D eigenvalue weighted by Crippen LogP contribution is 2.30. The number of nitro benzene ring substituents is 1. The van der Waals surface area contributed by atoms with Crippen molar-refractivity contribution in [1.29, 1.82) is 0 Å². The lowest BCUT2D eigenvalue weighted by molar-refractivity contribution is -0.384. The van der Waals surface area contributed by atoms with E-state index in [1.165, 1.54) is 49.5 Å². The quantitative estimate of drug-likeness (QED) is 0.272. The molecule has 20 heavy (non-hydrogen) atoms. The van der Waals surface area contributed by atoms with Crippen molar-refractivity contribution < 1.29 is 13.3 Å². The highest BCUT2D eigenvalue weighted by Gasteiger charge is 2.31. The van der Waals surface area contributed by atoms with Crippen LogP contribution in [0.3, 0.4) is 0 Å². The van der Waals surface area contributed by atoms with Gasteiger partial charge in [-0.3, -0.25) is 14.8 Å².